The van der Waals surface area contributed by atoms with Crippen LogP contribution in [0.25, 0.3) is 0 Å². The van der Waals surface area contributed by atoms with Gasteiger partial charge in [-0.25, -0.2) is 4.79 Å². The first-order valence-electron chi connectivity index (χ1n) is 10.1. The molecule has 1 aliphatic rings. The van der Waals surface area contributed by atoms with Crippen LogP contribution in [0.3, 0.4) is 0 Å². The van der Waals surface area contributed by atoms with Crippen molar-refractivity contribution in [2.45, 2.75) is 30.2 Å². The highest BCUT2D eigenvalue weighted by atomic mass is 32.2. The number of aryl methyl sites for hydroxylation is 1. The van der Waals surface area contributed by atoms with E-state index in [1.807, 2.05) is 54.6 Å². The zero-order valence-corrected chi connectivity index (χ0v) is 18.5. The number of nitrogens with zero attached hydrogens (tertiary/aromatic N) is 1. The van der Waals surface area contributed by atoms with Crippen molar-refractivity contribution >= 4 is 29.6 Å². The van der Waals surface area contributed by atoms with Crippen LogP contribution in [0.1, 0.15) is 18.9 Å². The Morgan fingerprint density at radius 1 is 1.13 bits per heavy atom. The second-order valence-corrected chi connectivity index (χ2v) is 8.68. The third-order valence-corrected chi connectivity index (χ3v) is 6.17. The highest BCUT2D eigenvalue weighted by Gasteiger charge is 2.47. The monoisotopic (exact) mass is 441 g/mol. The molecule has 2 N–H and O–H groups in total. The molecule has 4 amide bonds. The van der Waals surface area contributed by atoms with Crippen LogP contribution < -0.4 is 15.4 Å². The van der Waals surface area contributed by atoms with Crippen LogP contribution in [0.2, 0.25) is 0 Å². The molecule has 0 unspecified atom stereocenters. The van der Waals surface area contributed by atoms with Crippen molar-refractivity contribution in [3.05, 3.63) is 60.2 Å². The Labute approximate surface area is 186 Å². The van der Waals surface area contributed by atoms with E-state index in [1.54, 1.807) is 25.8 Å². The first kappa shape index (κ1) is 22.7. The molecule has 0 saturated carbocycles. The molecule has 0 bridgehead atoms. The van der Waals surface area contributed by atoms with Crippen molar-refractivity contribution < 1.29 is 19.1 Å². The van der Waals surface area contributed by atoms with Gasteiger partial charge in [0, 0.05) is 17.2 Å². The van der Waals surface area contributed by atoms with Crippen LogP contribution in [0.4, 0.5) is 4.79 Å². The maximum Gasteiger partial charge on any atom is 0.325 e. The molecule has 0 radical (unpaired) electrons. The molecule has 0 aliphatic carbocycles. The number of nitrogens with one attached hydrogen (secondary N) is 2. The van der Waals surface area contributed by atoms with Gasteiger partial charge in [-0.05, 0) is 49.6 Å². The summed E-state index contributed by atoms with van der Waals surface area (Å²) in [5, 5.41) is 5.52. The lowest BCUT2D eigenvalue weighted by atomic mass is 9.93. The van der Waals surface area contributed by atoms with Gasteiger partial charge >= 0.3 is 6.03 Å². The number of methoxy groups -OCH3 is 1. The number of imide groups is 1. The first-order valence-corrected chi connectivity index (χ1v) is 11.1. The Morgan fingerprint density at radius 3 is 2.52 bits per heavy atom. The predicted molar refractivity (Wildman–Crippen MR) is 120 cm³/mol. The molecule has 1 heterocycles. The number of carbonyl (C=O) groups is 3. The van der Waals surface area contributed by atoms with E-state index in [-0.39, 0.29) is 18.4 Å². The summed E-state index contributed by atoms with van der Waals surface area (Å²) in [5.74, 6) is 0.742. The number of hydrogen-bond acceptors (Lipinski definition) is 5. The van der Waals surface area contributed by atoms with Crippen LogP contribution in [-0.2, 0) is 16.0 Å². The lowest BCUT2D eigenvalue weighted by molar-refractivity contribution is -0.134. The van der Waals surface area contributed by atoms with Crippen LogP contribution in [0, 0.1) is 0 Å². The second kappa shape index (κ2) is 10.3. The molecule has 8 heteroatoms. The van der Waals surface area contributed by atoms with E-state index in [0.29, 0.717) is 25.1 Å². The molecule has 31 heavy (non-hydrogen) atoms. The third kappa shape index (κ3) is 6.01. The van der Waals surface area contributed by atoms with Gasteiger partial charge in [0.15, 0.2) is 0 Å². The van der Waals surface area contributed by atoms with E-state index < -0.39 is 11.6 Å². The fourth-order valence-electron chi connectivity index (χ4n) is 3.32. The van der Waals surface area contributed by atoms with Gasteiger partial charge in [0.2, 0.25) is 5.91 Å². The first-order chi connectivity index (χ1) is 14.9. The smallest absolute Gasteiger partial charge is 0.325 e. The number of hydrogen-bond donors (Lipinski definition) is 2. The highest BCUT2D eigenvalue weighted by molar-refractivity contribution is 7.99. The average molecular weight is 442 g/mol. The van der Waals surface area contributed by atoms with Gasteiger partial charge < -0.3 is 15.4 Å². The van der Waals surface area contributed by atoms with Gasteiger partial charge in [-0.3, -0.25) is 14.5 Å². The van der Waals surface area contributed by atoms with Crippen molar-refractivity contribution in [1.82, 2.24) is 15.5 Å². The summed E-state index contributed by atoms with van der Waals surface area (Å²) in [6.07, 6.45) is 1.05. The quantitative estimate of drug-likeness (QED) is 0.336. The largest absolute Gasteiger partial charge is 0.497 e. The summed E-state index contributed by atoms with van der Waals surface area (Å²) in [7, 11) is 1.61. The molecular formula is C23H27N3O4S. The second-order valence-electron chi connectivity index (χ2n) is 7.51. The Balaban J connectivity index is 1.46. The molecule has 2 aromatic rings. The van der Waals surface area contributed by atoms with Crippen molar-refractivity contribution in [3.63, 3.8) is 0 Å². The number of thioether (sulfide) groups is 1. The summed E-state index contributed by atoms with van der Waals surface area (Å²) in [6, 6.07) is 16.9. The van der Waals surface area contributed by atoms with E-state index in [1.165, 1.54) is 0 Å². The minimum absolute atomic E-state index is 0.279. The number of urea groups is 1. The topological polar surface area (TPSA) is 87.7 Å². The molecule has 0 aromatic heterocycles. The summed E-state index contributed by atoms with van der Waals surface area (Å²) >= 11 is 1.63. The Morgan fingerprint density at radius 2 is 1.84 bits per heavy atom. The zero-order chi connectivity index (χ0) is 22.3. The van der Waals surface area contributed by atoms with Gasteiger partial charge in [-0.2, -0.15) is 0 Å². The number of benzene rings is 2. The molecule has 0 spiro atoms. The van der Waals surface area contributed by atoms with Crippen molar-refractivity contribution in [1.29, 1.82) is 0 Å². The third-order valence-electron chi connectivity index (χ3n) is 5.16. The molecule has 1 atom stereocenters. The lowest BCUT2D eigenvalue weighted by Gasteiger charge is -2.21. The van der Waals surface area contributed by atoms with Gasteiger partial charge in [0.25, 0.3) is 5.91 Å². The van der Waals surface area contributed by atoms with Crippen molar-refractivity contribution in [3.8, 4) is 5.75 Å². The van der Waals surface area contributed by atoms with E-state index in [0.717, 1.165) is 21.1 Å². The molecule has 1 aliphatic heterocycles. The summed E-state index contributed by atoms with van der Waals surface area (Å²) < 4.78 is 5.15. The molecule has 1 fully saturated rings. The highest BCUT2D eigenvalue weighted by Crippen LogP contribution is 2.24. The van der Waals surface area contributed by atoms with Crippen molar-refractivity contribution in [2.24, 2.45) is 0 Å². The molecule has 7 nitrogen and oxygen atoms in total. The van der Waals surface area contributed by atoms with Gasteiger partial charge in [0.05, 0.1) is 7.11 Å². The van der Waals surface area contributed by atoms with E-state index in [4.69, 9.17) is 4.74 Å². The Kier molecular flexibility index (Phi) is 7.57. The molecule has 1 saturated heterocycles. The SMILES string of the molecule is COc1ccc(CC[C@@]2(C)NC(=O)N(CC(=O)NCCSc3ccccc3)C2=O)cc1. The van der Waals surface area contributed by atoms with E-state index in [2.05, 4.69) is 10.6 Å². The summed E-state index contributed by atoms with van der Waals surface area (Å²) in [5.41, 5.74) is 0.0108. The maximum absolute atomic E-state index is 12.8. The number of carbonyl (C=O) groups excluding carboxylic acids is 3. The molecular weight excluding hydrogens is 414 g/mol. The molecule has 2 aromatic carbocycles. The van der Waals surface area contributed by atoms with Gasteiger partial charge in [-0.1, -0.05) is 30.3 Å². The predicted octanol–water partition coefficient (Wildman–Crippen LogP) is 2.85. The lowest BCUT2D eigenvalue weighted by Crippen LogP contribution is -2.45. The van der Waals surface area contributed by atoms with Crippen molar-refractivity contribution in [2.75, 3.05) is 26.0 Å². The number of ether oxygens (including phenoxy) is 1. The summed E-state index contributed by atoms with van der Waals surface area (Å²) in [4.78, 5) is 39.6. The molecule has 3 rings (SSSR count). The standard InChI is InChI=1S/C23H27N3O4S/c1-23(13-12-17-8-10-18(30-2)11-9-17)21(28)26(22(29)25-23)16-20(27)24-14-15-31-19-6-4-3-5-7-19/h3-11H,12-16H2,1-2H3,(H,24,27)(H,25,29)/t23-/m1/s1. The van der Waals surface area contributed by atoms with Gasteiger partial charge in [-0.15, -0.1) is 11.8 Å². The Bertz CT molecular complexity index is 920. The van der Waals surface area contributed by atoms with Crippen LogP contribution in [-0.4, -0.2) is 54.2 Å². The zero-order valence-electron chi connectivity index (χ0n) is 17.7. The Hall–Kier alpha value is -3.00. The number of rotatable bonds is 10. The minimum Gasteiger partial charge on any atom is -0.497 e. The minimum atomic E-state index is -1.03. The fourth-order valence-corrected chi connectivity index (χ4v) is 4.11. The average Bonchev–Trinajstić information content (AvgIpc) is 2.99. The van der Waals surface area contributed by atoms with Crippen LogP contribution >= 0.6 is 11.8 Å². The fraction of sp³-hybridized carbons (Fsp3) is 0.348. The summed E-state index contributed by atoms with van der Waals surface area (Å²) in [6.45, 7) is 1.88. The normalized spacial score (nSPS) is 18.1. The van der Waals surface area contributed by atoms with Crippen LogP contribution in [0.15, 0.2) is 59.5 Å². The van der Waals surface area contributed by atoms with Gasteiger partial charge in [0.1, 0.15) is 17.8 Å². The molecule has 164 valence electrons. The van der Waals surface area contributed by atoms with E-state index >= 15 is 0 Å². The number of amides is 4. The van der Waals surface area contributed by atoms with Crippen LogP contribution in [0.5, 0.6) is 5.75 Å². The maximum atomic E-state index is 12.8. The van der Waals surface area contributed by atoms with E-state index in [9.17, 15) is 14.4 Å².